The van der Waals surface area contributed by atoms with E-state index in [1.165, 1.54) is 18.4 Å². The summed E-state index contributed by atoms with van der Waals surface area (Å²) in [6.07, 6.45) is 4.36. The molecule has 0 aliphatic heterocycles. The van der Waals surface area contributed by atoms with Crippen LogP contribution in [0.3, 0.4) is 0 Å². The maximum atomic E-state index is 9.28. The molecule has 1 aliphatic rings. The van der Waals surface area contributed by atoms with Crippen LogP contribution in [0.4, 0.5) is 0 Å². The zero-order chi connectivity index (χ0) is 8.55. The van der Waals surface area contributed by atoms with Crippen LogP contribution in [0.5, 0.6) is 5.75 Å². The van der Waals surface area contributed by atoms with Crippen molar-refractivity contribution >= 4 is 6.08 Å². The second-order valence-electron chi connectivity index (χ2n) is 3.29. The molecule has 1 heteroatoms. The highest BCUT2D eigenvalue weighted by molar-refractivity contribution is 5.55. The molecular weight excluding hydrogens is 148 g/mol. The van der Waals surface area contributed by atoms with E-state index in [0.29, 0.717) is 11.7 Å². The van der Waals surface area contributed by atoms with Gasteiger partial charge in [-0.1, -0.05) is 18.7 Å². The van der Waals surface area contributed by atoms with Crippen molar-refractivity contribution < 1.29 is 5.11 Å². The first-order valence-electron chi connectivity index (χ1n) is 4.26. The molecule has 0 atom stereocenters. The Morgan fingerprint density at radius 3 is 2.75 bits per heavy atom. The average molecular weight is 160 g/mol. The number of rotatable bonds is 2. The fourth-order valence-electron chi connectivity index (χ4n) is 1.50. The van der Waals surface area contributed by atoms with Crippen molar-refractivity contribution in [1.29, 1.82) is 0 Å². The minimum Gasteiger partial charge on any atom is -0.508 e. The van der Waals surface area contributed by atoms with Gasteiger partial charge in [-0.05, 0) is 42.0 Å². The van der Waals surface area contributed by atoms with Gasteiger partial charge in [0.2, 0.25) is 0 Å². The van der Waals surface area contributed by atoms with E-state index in [4.69, 9.17) is 0 Å². The van der Waals surface area contributed by atoms with Crippen LogP contribution in [-0.2, 0) is 0 Å². The Bertz CT molecular complexity index is 311. The number of benzene rings is 1. The molecule has 0 aromatic heterocycles. The van der Waals surface area contributed by atoms with Crippen LogP contribution in [0.2, 0.25) is 0 Å². The van der Waals surface area contributed by atoms with E-state index in [1.54, 1.807) is 6.07 Å². The Morgan fingerprint density at radius 1 is 1.42 bits per heavy atom. The third-order valence-electron chi connectivity index (χ3n) is 2.31. The quantitative estimate of drug-likeness (QED) is 0.705. The van der Waals surface area contributed by atoms with Crippen LogP contribution >= 0.6 is 0 Å². The van der Waals surface area contributed by atoms with Crippen molar-refractivity contribution in [1.82, 2.24) is 0 Å². The molecule has 1 fully saturated rings. The van der Waals surface area contributed by atoms with Crippen molar-refractivity contribution in [2.24, 2.45) is 0 Å². The summed E-state index contributed by atoms with van der Waals surface area (Å²) >= 11 is 0. The summed E-state index contributed by atoms with van der Waals surface area (Å²) in [6.45, 7) is 3.75. The molecule has 0 amide bonds. The highest BCUT2D eigenvalue weighted by Crippen LogP contribution is 2.42. The zero-order valence-corrected chi connectivity index (χ0v) is 6.96. The lowest BCUT2D eigenvalue weighted by molar-refractivity contribution is 0.474. The van der Waals surface area contributed by atoms with Gasteiger partial charge < -0.3 is 5.11 Å². The van der Waals surface area contributed by atoms with E-state index in [1.807, 2.05) is 18.2 Å². The van der Waals surface area contributed by atoms with Gasteiger partial charge in [-0.2, -0.15) is 0 Å². The molecule has 0 unspecified atom stereocenters. The Balaban J connectivity index is 2.46. The highest BCUT2D eigenvalue weighted by atomic mass is 16.3. The van der Waals surface area contributed by atoms with E-state index in [0.717, 1.165) is 5.56 Å². The van der Waals surface area contributed by atoms with Crippen molar-refractivity contribution in [3.8, 4) is 5.75 Å². The van der Waals surface area contributed by atoms with Gasteiger partial charge >= 0.3 is 0 Å². The lowest BCUT2D eigenvalue weighted by atomic mass is 10.0. The van der Waals surface area contributed by atoms with Crippen LogP contribution in [0, 0.1) is 0 Å². The SMILES string of the molecule is C=Cc1ccc(O)cc1C1CC1. The molecule has 1 aromatic carbocycles. The van der Waals surface area contributed by atoms with Gasteiger partial charge in [-0.3, -0.25) is 0 Å². The van der Waals surface area contributed by atoms with Crippen molar-refractivity contribution in [2.75, 3.05) is 0 Å². The fraction of sp³-hybridized carbons (Fsp3) is 0.273. The second kappa shape index (κ2) is 2.67. The smallest absolute Gasteiger partial charge is 0.115 e. The van der Waals surface area contributed by atoms with Gasteiger partial charge in [0.1, 0.15) is 5.75 Å². The molecule has 0 heterocycles. The predicted molar refractivity (Wildman–Crippen MR) is 50.2 cm³/mol. The first-order chi connectivity index (χ1) is 5.81. The Hall–Kier alpha value is -1.24. The van der Waals surface area contributed by atoms with Crippen molar-refractivity contribution in [2.45, 2.75) is 18.8 Å². The largest absolute Gasteiger partial charge is 0.508 e. The topological polar surface area (TPSA) is 20.2 Å². The fourth-order valence-corrected chi connectivity index (χ4v) is 1.50. The molecule has 0 bridgehead atoms. The van der Waals surface area contributed by atoms with Crippen LogP contribution in [0.1, 0.15) is 29.9 Å². The minimum absolute atomic E-state index is 0.363. The Kier molecular flexibility index (Phi) is 1.65. The number of phenolic OH excluding ortho intramolecular Hbond substituents is 1. The summed E-state index contributed by atoms with van der Waals surface area (Å²) in [5.74, 6) is 1.03. The van der Waals surface area contributed by atoms with Gasteiger partial charge in [-0.25, -0.2) is 0 Å². The van der Waals surface area contributed by atoms with Crippen LogP contribution < -0.4 is 0 Å². The summed E-state index contributed by atoms with van der Waals surface area (Å²) in [4.78, 5) is 0. The zero-order valence-electron chi connectivity index (χ0n) is 6.96. The first kappa shape index (κ1) is 7.41. The van der Waals surface area contributed by atoms with Crippen molar-refractivity contribution in [3.05, 3.63) is 35.9 Å². The molecule has 0 radical (unpaired) electrons. The number of aromatic hydroxyl groups is 1. The first-order valence-corrected chi connectivity index (χ1v) is 4.26. The molecule has 1 aliphatic carbocycles. The van der Waals surface area contributed by atoms with Gasteiger partial charge in [0.25, 0.3) is 0 Å². The molecule has 0 spiro atoms. The molecule has 12 heavy (non-hydrogen) atoms. The third-order valence-corrected chi connectivity index (χ3v) is 2.31. The van der Waals surface area contributed by atoms with Gasteiger partial charge in [0, 0.05) is 0 Å². The molecule has 0 saturated heterocycles. The van der Waals surface area contributed by atoms with E-state index in [9.17, 15) is 5.11 Å². The van der Waals surface area contributed by atoms with E-state index in [-0.39, 0.29) is 0 Å². The van der Waals surface area contributed by atoms with E-state index < -0.39 is 0 Å². The molecule has 62 valence electrons. The van der Waals surface area contributed by atoms with Gasteiger partial charge in [0.05, 0.1) is 0 Å². The maximum Gasteiger partial charge on any atom is 0.115 e. The summed E-state index contributed by atoms with van der Waals surface area (Å²) in [5, 5.41) is 9.28. The monoisotopic (exact) mass is 160 g/mol. The summed E-state index contributed by atoms with van der Waals surface area (Å²) in [6, 6.07) is 5.49. The van der Waals surface area contributed by atoms with Crippen molar-refractivity contribution in [3.63, 3.8) is 0 Å². The second-order valence-corrected chi connectivity index (χ2v) is 3.29. The highest BCUT2D eigenvalue weighted by Gasteiger charge is 2.25. The molecule has 1 N–H and O–H groups in total. The van der Waals surface area contributed by atoms with Gasteiger partial charge in [0.15, 0.2) is 0 Å². The Morgan fingerprint density at radius 2 is 2.17 bits per heavy atom. The molecule has 1 aromatic rings. The molecule has 1 saturated carbocycles. The number of phenols is 1. The number of hydrogen-bond acceptors (Lipinski definition) is 1. The summed E-state index contributed by atoms with van der Waals surface area (Å²) < 4.78 is 0. The van der Waals surface area contributed by atoms with Gasteiger partial charge in [-0.15, -0.1) is 0 Å². The summed E-state index contributed by atoms with van der Waals surface area (Å²) in [7, 11) is 0. The maximum absolute atomic E-state index is 9.28. The standard InChI is InChI=1S/C11H12O/c1-2-8-5-6-10(12)7-11(8)9-3-4-9/h2,5-7,9,12H,1,3-4H2. The lowest BCUT2D eigenvalue weighted by Crippen LogP contribution is -1.84. The molecule has 1 nitrogen and oxygen atoms in total. The van der Waals surface area contributed by atoms with Crippen LogP contribution in [0.15, 0.2) is 24.8 Å². The van der Waals surface area contributed by atoms with Crippen LogP contribution in [0.25, 0.3) is 6.08 Å². The molecular formula is C11H12O. The summed E-state index contributed by atoms with van der Waals surface area (Å²) in [5.41, 5.74) is 2.42. The van der Waals surface area contributed by atoms with E-state index in [2.05, 4.69) is 6.58 Å². The average Bonchev–Trinajstić information content (AvgIpc) is 2.87. The Labute approximate surface area is 72.4 Å². The lowest BCUT2D eigenvalue weighted by Gasteiger charge is -2.03. The normalized spacial score (nSPS) is 16.0. The predicted octanol–water partition coefficient (Wildman–Crippen LogP) is 2.91. The third kappa shape index (κ3) is 1.22. The van der Waals surface area contributed by atoms with E-state index >= 15 is 0 Å². The van der Waals surface area contributed by atoms with Crippen LogP contribution in [-0.4, -0.2) is 5.11 Å². The minimum atomic E-state index is 0.363. The molecule has 2 rings (SSSR count). The number of hydrogen-bond donors (Lipinski definition) is 1.